The summed E-state index contributed by atoms with van der Waals surface area (Å²) in [5.74, 6) is 0.410. The van der Waals surface area contributed by atoms with Crippen molar-refractivity contribution in [3.63, 3.8) is 0 Å². The second-order valence-electron chi connectivity index (χ2n) is 7.25. The molecule has 0 saturated carbocycles. The molecular formula is C24H21ClN2O2S. The van der Waals surface area contributed by atoms with Gasteiger partial charge in [-0.05, 0) is 54.4 Å². The lowest BCUT2D eigenvalue weighted by molar-refractivity contribution is -0.128. The van der Waals surface area contributed by atoms with Crippen LogP contribution in [0.1, 0.15) is 32.4 Å². The van der Waals surface area contributed by atoms with Crippen molar-refractivity contribution in [1.29, 1.82) is 0 Å². The number of aryl methyl sites for hydroxylation is 1. The normalized spacial score (nSPS) is 16.0. The number of hydrogen-bond donors (Lipinski definition) is 1. The summed E-state index contributed by atoms with van der Waals surface area (Å²) in [6, 6.07) is 22.7. The van der Waals surface area contributed by atoms with Crippen LogP contribution in [0, 0.1) is 6.92 Å². The van der Waals surface area contributed by atoms with Crippen LogP contribution in [0.25, 0.3) is 0 Å². The molecular weight excluding hydrogens is 416 g/mol. The fourth-order valence-corrected chi connectivity index (χ4v) is 4.64. The summed E-state index contributed by atoms with van der Waals surface area (Å²) in [5, 5.41) is 3.52. The van der Waals surface area contributed by atoms with Gasteiger partial charge in [-0.15, -0.1) is 11.8 Å². The molecule has 0 aromatic heterocycles. The molecule has 4 rings (SSSR count). The second-order valence-corrected chi connectivity index (χ2v) is 8.76. The maximum atomic E-state index is 12.5. The van der Waals surface area contributed by atoms with E-state index in [0.29, 0.717) is 22.9 Å². The van der Waals surface area contributed by atoms with Gasteiger partial charge in [-0.3, -0.25) is 9.59 Å². The highest BCUT2D eigenvalue weighted by Crippen LogP contribution is 2.39. The lowest BCUT2D eigenvalue weighted by atomic mass is 10.1. The Morgan fingerprint density at radius 3 is 2.37 bits per heavy atom. The maximum absolute atomic E-state index is 12.5. The number of amides is 2. The van der Waals surface area contributed by atoms with E-state index in [2.05, 4.69) is 5.32 Å². The highest BCUT2D eigenvalue weighted by Gasteiger charge is 2.32. The lowest BCUT2D eigenvalue weighted by Gasteiger charge is -2.24. The Bertz CT molecular complexity index is 1050. The van der Waals surface area contributed by atoms with E-state index in [4.69, 9.17) is 11.6 Å². The Hall–Kier alpha value is -2.76. The van der Waals surface area contributed by atoms with Crippen molar-refractivity contribution >= 4 is 40.9 Å². The molecule has 3 aromatic carbocycles. The molecule has 4 nitrogen and oxygen atoms in total. The minimum atomic E-state index is -0.154. The summed E-state index contributed by atoms with van der Waals surface area (Å²) >= 11 is 7.56. The second kappa shape index (κ2) is 8.94. The number of rotatable bonds is 5. The van der Waals surface area contributed by atoms with Crippen molar-refractivity contribution in [2.75, 3.05) is 11.1 Å². The average molecular weight is 437 g/mol. The number of benzene rings is 3. The first-order valence-electron chi connectivity index (χ1n) is 9.63. The molecule has 30 heavy (non-hydrogen) atoms. The number of thioether (sulfide) groups is 1. The molecule has 1 heterocycles. The number of hydrogen-bond acceptors (Lipinski definition) is 3. The van der Waals surface area contributed by atoms with E-state index in [1.54, 1.807) is 11.8 Å². The summed E-state index contributed by atoms with van der Waals surface area (Å²) in [5.41, 5.74) is 4.53. The predicted molar refractivity (Wildman–Crippen MR) is 123 cm³/mol. The third-order valence-electron chi connectivity index (χ3n) is 5.00. The standard InChI is InChI=1S/C24H21ClN2O2S/c1-16-2-12-21(13-3-16)26-23(29)18-6-8-19(9-7-18)24-27(22(28)15-30-24)14-17-4-10-20(25)11-5-17/h2-13,24H,14-15H2,1H3,(H,26,29)/t24-/m1/s1. The Labute approximate surface area is 185 Å². The predicted octanol–water partition coefficient (Wildman–Crippen LogP) is 5.67. The van der Waals surface area contributed by atoms with Crippen LogP contribution in [-0.2, 0) is 11.3 Å². The van der Waals surface area contributed by atoms with Gasteiger partial charge in [-0.25, -0.2) is 0 Å². The average Bonchev–Trinajstić information content (AvgIpc) is 3.11. The SMILES string of the molecule is Cc1ccc(NC(=O)c2ccc([C@H]3SCC(=O)N3Cc3ccc(Cl)cc3)cc2)cc1. The summed E-state index contributed by atoms with van der Waals surface area (Å²) in [4.78, 5) is 26.8. The van der Waals surface area contributed by atoms with Gasteiger partial charge in [0.15, 0.2) is 0 Å². The lowest BCUT2D eigenvalue weighted by Crippen LogP contribution is -2.27. The molecule has 6 heteroatoms. The fourth-order valence-electron chi connectivity index (χ4n) is 3.33. The zero-order valence-electron chi connectivity index (χ0n) is 16.5. The van der Waals surface area contributed by atoms with E-state index in [9.17, 15) is 9.59 Å². The van der Waals surface area contributed by atoms with Crippen LogP contribution in [0.4, 0.5) is 5.69 Å². The molecule has 2 amide bonds. The molecule has 0 bridgehead atoms. The summed E-state index contributed by atoms with van der Waals surface area (Å²) in [7, 11) is 0. The van der Waals surface area contributed by atoms with Crippen LogP contribution >= 0.6 is 23.4 Å². The van der Waals surface area contributed by atoms with Gasteiger partial charge >= 0.3 is 0 Å². The van der Waals surface area contributed by atoms with Crippen molar-refractivity contribution in [2.45, 2.75) is 18.8 Å². The van der Waals surface area contributed by atoms with Gasteiger partial charge in [-0.1, -0.05) is 53.6 Å². The smallest absolute Gasteiger partial charge is 0.255 e. The zero-order valence-corrected chi connectivity index (χ0v) is 18.0. The van der Waals surface area contributed by atoms with Crippen molar-refractivity contribution in [3.05, 3.63) is 100 Å². The topological polar surface area (TPSA) is 49.4 Å². The fraction of sp³-hybridized carbons (Fsp3) is 0.167. The number of anilines is 1. The molecule has 3 aromatic rings. The molecule has 1 N–H and O–H groups in total. The van der Waals surface area contributed by atoms with Gasteiger partial charge in [0, 0.05) is 22.8 Å². The molecule has 0 unspecified atom stereocenters. The van der Waals surface area contributed by atoms with Gasteiger partial charge in [0.25, 0.3) is 5.91 Å². The Morgan fingerprint density at radius 2 is 1.70 bits per heavy atom. The monoisotopic (exact) mass is 436 g/mol. The summed E-state index contributed by atoms with van der Waals surface area (Å²) in [6.07, 6.45) is 0. The van der Waals surface area contributed by atoms with Gasteiger partial charge in [0.1, 0.15) is 5.37 Å². The first-order chi connectivity index (χ1) is 14.5. The van der Waals surface area contributed by atoms with E-state index < -0.39 is 0 Å². The Balaban J connectivity index is 1.46. The molecule has 1 saturated heterocycles. The molecule has 0 aliphatic carbocycles. The van der Waals surface area contributed by atoms with Crippen LogP contribution < -0.4 is 5.32 Å². The number of halogens is 1. The third-order valence-corrected chi connectivity index (χ3v) is 6.51. The Kier molecular flexibility index (Phi) is 6.11. The van der Waals surface area contributed by atoms with Gasteiger partial charge in [0.05, 0.1) is 5.75 Å². The highest BCUT2D eigenvalue weighted by molar-refractivity contribution is 8.00. The number of nitrogens with one attached hydrogen (secondary N) is 1. The quantitative estimate of drug-likeness (QED) is 0.560. The molecule has 0 spiro atoms. The van der Waals surface area contributed by atoms with Crippen molar-refractivity contribution in [1.82, 2.24) is 4.90 Å². The van der Waals surface area contributed by atoms with Crippen molar-refractivity contribution in [2.24, 2.45) is 0 Å². The number of nitrogens with zero attached hydrogens (tertiary/aromatic N) is 1. The zero-order chi connectivity index (χ0) is 21.1. The summed E-state index contributed by atoms with van der Waals surface area (Å²) in [6.45, 7) is 2.54. The third kappa shape index (κ3) is 4.69. The van der Waals surface area contributed by atoms with Crippen LogP contribution in [0.3, 0.4) is 0 Å². The van der Waals surface area contributed by atoms with Crippen molar-refractivity contribution in [3.8, 4) is 0 Å². The van der Waals surface area contributed by atoms with Crippen LogP contribution in [0.5, 0.6) is 0 Å². The maximum Gasteiger partial charge on any atom is 0.255 e. The molecule has 0 radical (unpaired) electrons. The number of carbonyl (C=O) groups is 2. The van der Waals surface area contributed by atoms with E-state index in [1.807, 2.05) is 84.6 Å². The van der Waals surface area contributed by atoms with Crippen LogP contribution in [0.15, 0.2) is 72.8 Å². The minimum Gasteiger partial charge on any atom is -0.322 e. The summed E-state index contributed by atoms with van der Waals surface area (Å²) < 4.78 is 0. The first kappa shape index (κ1) is 20.5. The molecule has 1 aliphatic rings. The van der Waals surface area contributed by atoms with E-state index >= 15 is 0 Å². The molecule has 1 fully saturated rings. The van der Waals surface area contributed by atoms with E-state index in [-0.39, 0.29) is 17.2 Å². The largest absolute Gasteiger partial charge is 0.322 e. The number of carbonyl (C=O) groups excluding carboxylic acids is 2. The van der Waals surface area contributed by atoms with Crippen LogP contribution in [0.2, 0.25) is 5.02 Å². The Morgan fingerprint density at radius 1 is 1.03 bits per heavy atom. The van der Waals surface area contributed by atoms with Crippen LogP contribution in [-0.4, -0.2) is 22.5 Å². The van der Waals surface area contributed by atoms with Gasteiger partial charge in [-0.2, -0.15) is 0 Å². The molecule has 1 aliphatic heterocycles. The van der Waals surface area contributed by atoms with Crippen molar-refractivity contribution < 1.29 is 9.59 Å². The first-order valence-corrected chi connectivity index (χ1v) is 11.1. The molecule has 152 valence electrons. The van der Waals surface area contributed by atoms with E-state index in [0.717, 1.165) is 22.4 Å². The minimum absolute atomic E-state index is 0.0672. The van der Waals surface area contributed by atoms with Gasteiger partial charge in [0.2, 0.25) is 5.91 Å². The van der Waals surface area contributed by atoms with E-state index in [1.165, 1.54) is 0 Å². The van der Waals surface area contributed by atoms with Gasteiger partial charge < -0.3 is 10.2 Å². The molecule has 1 atom stereocenters. The highest BCUT2D eigenvalue weighted by atomic mass is 35.5.